The average molecular weight is 368 g/mol. The van der Waals surface area contributed by atoms with Gasteiger partial charge in [0.05, 0.1) is 25.8 Å². The molecular weight excluding hydrogens is 344 g/mol. The summed E-state index contributed by atoms with van der Waals surface area (Å²) in [5, 5.41) is 2.88. The van der Waals surface area contributed by atoms with E-state index in [4.69, 9.17) is 9.47 Å². The van der Waals surface area contributed by atoms with E-state index in [-0.39, 0.29) is 18.2 Å². The minimum absolute atomic E-state index is 0.0369. The van der Waals surface area contributed by atoms with E-state index in [1.54, 1.807) is 37.3 Å². The fourth-order valence-corrected chi connectivity index (χ4v) is 3.48. The highest BCUT2D eigenvalue weighted by molar-refractivity contribution is 6.04. The number of rotatable bonds is 5. The van der Waals surface area contributed by atoms with E-state index in [0.717, 1.165) is 16.8 Å². The van der Waals surface area contributed by atoms with Crippen LogP contribution in [0.2, 0.25) is 0 Å². The number of benzene rings is 2. The van der Waals surface area contributed by atoms with Crippen LogP contribution in [0, 0.1) is 19.8 Å². The second-order valence-corrected chi connectivity index (χ2v) is 6.70. The number of amides is 2. The summed E-state index contributed by atoms with van der Waals surface area (Å²) >= 11 is 0. The molecule has 2 aromatic rings. The summed E-state index contributed by atoms with van der Waals surface area (Å²) in [4.78, 5) is 27.1. The van der Waals surface area contributed by atoms with Gasteiger partial charge in [-0.1, -0.05) is 18.2 Å². The molecule has 3 rings (SSSR count). The molecule has 0 spiro atoms. The normalized spacial score (nSPS) is 16.4. The Bertz CT molecular complexity index is 858. The lowest BCUT2D eigenvalue weighted by Crippen LogP contribution is -2.29. The van der Waals surface area contributed by atoms with Crippen molar-refractivity contribution >= 4 is 23.2 Å². The molecule has 0 aromatic heterocycles. The molecule has 2 amide bonds. The van der Waals surface area contributed by atoms with Crippen LogP contribution in [-0.4, -0.2) is 32.6 Å². The van der Waals surface area contributed by atoms with Gasteiger partial charge in [-0.15, -0.1) is 0 Å². The summed E-state index contributed by atoms with van der Waals surface area (Å²) in [7, 11) is 3.10. The fourth-order valence-electron chi connectivity index (χ4n) is 3.48. The Morgan fingerprint density at radius 1 is 1.11 bits per heavy atom. The molecule has 0 saturated carbocycles. The number of methoxy groups -OCH3 is 2. The average Bonchev–Trinajstić information content (AvgIpc) is 3.03. The standard InChI is InChI=1S/C21H24N2O4/c1-13-6-5-7-14(2)20(13)23-12-15(10-19(23)24)21(25)22-17-11-16(26-3)8-9-18(17)27-4/h5-9,11,15H,10,12H2,1-4H3,(H,22,25). The van der Waals surface area contributed by atoms with E-state index in [1.165, 1.54) is 0 Å². The first-order valence-corrected chi connectivity index (χ1v) is 8.84. The number of nitrogens with zero attached hydrogens (tertiary/aromatic N) is 1. The molecule has 0 aliphatic carbocycles. The van der Waals surface area contributed by atoms with Crippen molar-refractivity contribution < 1.29 is 19.1 Å². The first-order valence-electron chi connectivity index (χ1n) is 8.84. The number of hydrogen-bond donors (Lipinski definition) is 1. The molecule has 1 atom stereocenters. The Morgan fingerprint density at radius 2 is 1.81 bits per heavy atom. The number of ether oxygens (including phenoxy) is 2. The number of nitrogens with one attached hydrogen (secondary N) is 1. The van der Waals surface area contributed by atoms with E-state index in [0.29, 0.717) is 23.7 Å². The highest BCUT2D eigenvalue weighted by Gasteiger charge is 2.36. The van der Waals surface area contributed by atoms with E-state index < -0.39 is 5.92 Å². The third kappa shape index (κ3) is 3.74. The fraction of sp³-hybridized carbons (Fsp3) is 0.333. The molecule has 1 aliphatic rings. The zero-order chi connectivity index (χ0) is 19.6. The smallest absolute Gasteiger partial charge is 0.229 e. The molecule has 1 heterocycles. The Labute approximate surface area is 159 Å². The molecule has 142 valence electrons. The molecular formula is C21H24N2O4. The highest BCUT2D eigenvalue weighted by atomic mass is 16.5. The lowest BCUT2D eigenvalue weighted by atomic mass is 10.1. The number of carbonyl (C=O) groups excluding carboxylic acids is 2. The molecule has 6 heteroatoms. The lowest BCUT2D eigenvalue weighted by molar-refractivity contribution is -0.122. The van der Waals surface area contributed by atoms with Crippen molar-refractivity contribution in [2.45, 2.75) is 20.3 Å². The van der Waals surface area contributed by atoms with Crippen LogP contribution >= 0.6 is 0 Å². The van der Waals surface area contributed by atoms with E-state index in [2.05, 4.69) is 5.32 Å². The van der Waals surface area contributed by atoms with Crippen LogP contribution in [0.3, 0.4) is 0 Å². The predicted octanol–water partition coefficient (Wildman–Crippen LogP) is 3.31. The van der Waals surface area contributed by atoms with Gasteiger partial charge in [-0.25, -0.2) is 0 Å². The van der Waals surface area contributed by atoms with Crippen molar-refractivity contribution in [1.29, 1.82) is 0 Å². The summed E-state index contributed by atoms with van der Waals surface area (Å²) in [6, 6.07) is 11.1. The zero-order valence-corrected chi connectivity index (χ0v) is 16.0. The zero-order valence-electron chi connectivity index (χ0n) is 16.0. The van der Waals surface area contributed by atoms with Gasteiger partial charge in [0.25, 0.3) is 0 Å². The number of hydrogen-bond acceptors (Lipinski definition) is 4. The monoisotopic (exact) mass is 368 g/mol. The van der Waals surface area contributed by atoms with Gasteiger partial charge in [-0.05, 0) is 37.1 Å². The Balaban J connectivity index is 1.79. The summed E-state index contributed by atoms with van der Waals surface area (Å²) in [5.41, 5.74) is 3.48. The molecule has 0 radical (unpaired) electrons. The largest absolute Gasteiger partial charge is 0.497 e. The minimum Gasteiger partial charge on any atom is -0.497 e. The Kier molecular flexibility index (Phi) is 5.35. The van der Waals surface area contributed by atoms with Gasteiger partial charge >= 0.3 is 0 Å². The third-order valence-electron chi connectivity index (χ3n) is 4.87. The second kappa shape index (κ2) is 7.70. The SMILES string of the molecule is COc1ccc(OC)c(NC(=O)C2CC(=O)N(c3c(C)cccc3C)C2)c1. The van der Waals surface area contributed by atoms with Crippen LogP contribution in [0.25, 0.3) is 0 Å². The van der Waals surface area contributed by atoms with Crippen LogP contribution in [-0.2, 0) is 9.59 Å². The number of carbonyl (C=O) groups is 2. The van der Waals surface area contributed by atoms with Crippen LogP contribution in [0.15, 0.2) is 36.4 Å². The number of para-hydroxylation sites is 1. The highest BCUT2D eigenvalue weighted by Crippen LogP contribution is 2.33. The summed E-state index contributed by atoms with van der Waals surface area (Å²) in [6.07, 6.45) is 0.186. The molecule has 2 aromatic carbocycles. The molecule has 1 saturated heterocycles. The second-order valence-electron chi connectivity index (χ2n) is 6.70. The number of anilines is 2. The van der Waals surface area contributed by atoms with Gasteiger partial charge < -0.3 is 19.7 Å². The number of aryl methyl sites for hydroxylation is 2. The van der Waals surface area contributed by atoms with Crippen LogP contribution in [0.4, 0.5) is 11.4 Å². The van der Waals surface area contributed by atoms with Gasteiger partial charge in [0.2, 0.25) is 11.8 Å². The van der Waals surface area contributed by atoms with Gasteiger partial charge in [0.1, 0.15) is 11.5 Å². The molecule has 27 heavy (non-hydrogen) atoms. The maximum Gasteiger partial charge on any atom is 0.229 e. The summed E-state index contributed by atoms with van der Waals surface area (Å²) in [5.74, 6) is 0.493. The van der Waals surface area contributed by atoms with E-state index in [1.807, 2.05) is 32.0 Å². The summed E-state index contributed by atoms with van der Waals surface area (Å²) < 4.78 is 10.5. The maximum atomic E-state index is 12.8. The van der Waals surface area contributed by atoms with Crippen molar-refractivity contribution in [3.63, 3.8) is 0 Å². The lowest BCUT2D eigenvalue weighted by Gasteiger charge is -2.21. The topological polar surface area (TPSA) is 67.9 Å². The first kappa shape index (κ1) is 18.8. The molecule has 1 N–H and O–H groups in total. The maximum absolute atomic E-state index is 12.8. The van der Waals surface area contributed by atoms with E-state index >= 15 is 0 Å². The quantitative estimate of drug-likeness (QED) is 0.879. The molecule has 1 unspecified atom stereocenters. The van der Waals surface area contributed by atoms with Crippen molar-refractivity contribution in [2.75, 3.05) is 31.0 Å². The third-order valence-corrected chi connectivity index (χ3v) is 4.87. The van der Waals surface area contributed by atoms with Crippen molar-refractivity contribution in [1.82, 2.24) is 0 Å². The van der Waals surface area contributed by atoms with Crippen molar-refractivity contribution in [3.05, 3.63) is 47.5 Å². The molecule has 1 aliphatic heterocycles. The van der Waals surface area contributed by atoms with Gasteiger partial charge in [-0.2, -0.15) is 0 Å². The predicted molar refractivity (Wildman–Crippen MR) is 105 cm³/mol. The van der Waals surface area contributed by atoms with E-state index in [9.17, 15) is 9.59 Å². The van der Waals surface area contributed by atoms with Gasteiger partial charge in [0, 0.05) is 24.7 Å². The Morgan fingerprint density at radius 3 is 2.44 bits per heavy atom. The van der Waals surface area contributed by atoms with Gasteiger partial charge in [-0.3, -0.25) is 9.59 Å². The van der Waals surface area contributed by atoms with Crippen LogP contribution in [0.5, 0.6) is 11.5 Å². The molecule has 6 nitrogen and oxygen atoms in total. The summed E-state index contributed by atoms with van der Waals surface area (Å²) in [6.45, 7) is 4.32. The van der Waals surface area contributed by atoms with Gasteiger partial charge in [0.15, 0.2) is 0 Å². The minimum atomic E-state index is -0.424. The molecule has 1 fully saturated rings. The van der Waals surface area contributed by atoms with Crippen LogP contribution < -0.4 is 19.7 Å². The van der Waals surface area contributed by atoms with Crippen molar-refractivity contribution in [2.24, 2.45) is 5.92 Å². The molecule has 0 bridgehead atoms. The Hall–Kier alpha value is -3.02. The first-order chi connectivity index (χ1) is 12.9. The van der Waals surface area contributed by atoms with Crippen LogP contribution in [0.1, 0.15) is 17.5 Å². The van der Waals surface area contributed by atoms with Crippen molar-refractivity contribution in [3.8, 4) is 11.5 Å².